The molecule has 1 amide bonds. The predicted molar refractivity (Wildman–Crippen MR) is 82.8 cm³/mol. The summed E-state index contributed by atoms with van der Waals surface area (Å²) in [6.45, 7) is -0.315. The van der Waals surface area contributed by atoms with Crippen LogP contribution in [-0.2, 0) is 14.3 Å². The maximum absolute atomic E-state index is 14.0. The van der Waals surface area contributed by atoms with E-state index in [0.29, 0.717) is 0 Å². The molecule has 1 aliphatic rings. The number of hydrogen-bond donors (Lipinski definition) is 2. The van der Waals surface area contributed by atoms with E-state index in [0.717, 1.165) is 6.07 Å². The lowest BCUT2D eigenvalue weighted by Crippen LogP contribution is -2.31. The molecule has 0 radical (unpaired) electrons. The van der Waals surface area contributed by atoms with E-state index in [4.69, 9.17) is 28.3 Å². The van der Waals surface area contributed by atoms with E-state index < -0.39 is 17.7 Å². The monoisotopic (exact) mass is 362 g/mol. The summed E-state index contributed by atoms with van der Waals surface area (Å²) >= 11 is 11.8. The number of nitrogens with zero attached hydrogens (tertiary/aromatic N) is 1. The minimum absolute atomic E-state index is 0.0152. The minimum atomic E-state index is -0.736. The third-order valence-corrected chi connectivity index (χ3v) is 4.05. The average Bonchev–Trinajstić information content (AvgIpc) is 2.84. The van der Waals surface area contributed by atoms with Crippen molar-refractivity contribution in [2.24, 2.45) is 0 Å². The van der Waals surface area contributed by atoms with Gasteiger partial charge < -0.3 is 20.1 Å². The molecule has 0 spiro atoms. The van der Waals surface area contributed by atoms with Gasteiger partial charge in [-0.1, -0.05) is 23.2 Å². The fourth-order valence-electron chi connectivity index (χ4n) is 2.12. The van der Waals surface area contributed by atoms with Gasteiger partial charge in [-0.05, 0) is 12.1 Å². The van der Waals surface area contributed by atoms with Crippen LogP contribution in [0.25, 0.3) is 0 Å². The first-order chi connectivity index (χ1) is 10.9. The SMILES string of the molecule is COC(=O)C1=C(Nc2c(F)ccc(Cl)c2Cl)C(=O)N(CCO)C1. The Balaban J connectivity index is 2.43. The number of β-amino-alcohol motifs (C(OH)–C–C–N with tert-alkyl or cyclic N) is 1. The molecule has 1 heterocycles. The van der Waals surface area contributed by atoms with Gasteiger partial charge in [-0.2, -0.15) is 0 Å². The molecular weight excluding hydrogens is 350 g/mol. The minimum Gasteiger partial charge on any atom is -0.466 e. The maximum Gasteiger partial charge on any atom is 0.337 e. The molecule has 6 nitrogen and oxygen atoms in total. The van der Waals surface area contributed by atoms with Crippen LogP contribution in [0.15, 0.2) is 23.4 Å². The normalized spacial score (nSPS) is 14.5. The van der Waals surface area contributed by atoms with Crippen molar-refractivity contribution < 1.29 is 23.8 Å². The van der Waals surface area contributed by atoms with Crippen LogP contribution in [0.2, 0.25) is 10.0 Å². The van der Waals surface area contributed by atoms with Crippen molar-refractivity contribution in [3.8, 4) is 0 Å². The smallest absolute Gasteiger partial charge is 0.337 e. The van der Waals surface area contributed by atoms with E-state index in [1.54, 1.807) is 0 Å². The number of aliphatic hydroxyl groups is 1. The molecule has 0 fully saturated rings. The first kappa shape index (κ1) is 17.5. The quantitative estimate of drug-likeness (QED) is 0.616. The van der Waals surface area contributed by atoms with Crippen molar-refractivity contribution in [1.29, 1.82) is 0 Å². The molecule has 0 saturated carbocycles. The number of rotatable bonds is 5. The lowest BCUT2D eigenvalue weighted by Gasteiger charge is -2.15. The molecule has 0 bridgehead atoms. The molecule has 0 aromatic heterocycles. The van der Waals surface area contributed by atoms with Gasteiger partial charge in [0.15, 0.2) is 0 Å². The first-order valence-corrected chi connectivity index (χ1v) is 7.28. The number of nitrogens with one attached hydrogen (secondary N) is 1. The highest BCUT2D eigenvalue weighted by Gasteiger charge is 2.35. The Morgan fingerprint density at radius 1 is 1.48 bits per heavy atom. The molecule has 2 N–H and O–H groups in total. The number of halogens is 3. The number of carbonyl (C=O) groups is 2. The summed E-state index contributed by atoms with van der Waals surface area (Å²) in [6.07, 6.45) is 0. The van der Waals surface area contributed by atoms with Crippen LogP contribution < -0.4 is 5.32 Å². The second-order valence-corrected chi connectivity index (χ2v) is 5.42. The zero-order valence-electron chi connectivity index (χ0n) is 12.0. The van der Waals surface area contributed by atoms with Gasteiger partial charge >= 0.3 is 5.97 Å². The number of methoxy groups -OCH3 is 1. The summed E-state index contributed by atoms with van der Waals surface area (Å²) in [5, 5.41) is 11.5. The third-order valence-electron chi connectivity index (χ3n) is 3.25. The number of anilines is 1. The molecule has 124 valence electrons. The van der Waals surface area contributed by atoms with Crippen LogP contribution >= 0.6 is 23.2 Å². The Morgan fingerprint density at radius 3 is 2.78 bits per heavy atom. The Bertz CT molecular complexity index is 694. The molecule has 2 rings (SSSR count). The van der Waals surface area contributed by atoms with E-state index in [-0.39, 0.29) is 46.7 Å². The fraction of sp³-hybridized carbons (Fsp3) is 0.286. The summed E-state index contributed by atoms with van der Waals surface area (Å²) in [7, 11) is 1.17. The average molecular weight is 363 g/mol. The molecule has 9 heteroatoms. The van der Waals surface area contributed by atoms with E-state index in [1.807, 2.05) is 0 Å². The molecule has 0 aliphatic carbocycles. The molecule has 0 atom stereocenters. The van der Waals surface area contributed by atoms with Crippen molar-refractivity contribution in [2.75, 3.05) is 32.1 Å². The highest BCUT2D eigenvalue weighted by Crippen LogP contribution is 2.34. The van der Waals surface area contributed by atoms with Crippen molar-refractivity contribution >= 4 is 40.8 Å². The van der Waals surface area contributed by atoms with Gasteiger partial charge in [0.25, 0.3) is 5.91 Å². The number of esters is 1. The molecule has 1 aliphatic heterocycles. The van der Waals surface area contributed by atoms with Crippen LogP contribution in [0, 0.1) is 5.82 Å². The highest BCUT2D eigenvalue weighted by atomic mass is 35.5. The zero-order chi connectivity index (χ0) is 17.1. The van der Waals surface area contributed by atoms with E-state index in [2.05, 4.69) is 10.1 Å². The van der Waals surface area contributed by atoms with Gasteiger partial charge in [0, 0.05) is 6.54 Å². The van der Waals surface area contributed by atoms with Crippen LogP contribution in [0.4, 0.5) is 10.1 Å². The lowest BCUT2D eigenvalue weighted by molar-refractivity contribution is -0.136. The number of ether oxygens (including phenoxy) is 1. The maximum atomic E-state index is 14.0. The van der Waals surface area contributed by atoms with Gasteiger partial charge in [-0.3, -0.25) is 4.79 Å². The second-order valence-electron chi connectivity index (χ2n) is 4.64. The van der Waals surface area contributed by atoms with Crippen molar-refractivity contribution in [3.05, 3.63) is 39.3 Å². The number of amides is 1. The molecule has 0 saturated heterocycles. The second kappa shape index (κ2) is 7.16. The molecule has 1 aromatic rings. The Hall–Kier alpha value is -1.83. The van der Waals surface area contributed by atoms with Crippen molar-refractivity contribution in [1.82, 2.24) is 4.90 Å². The van der Waals surface area contributed by atoms with E-state index in [9.17, 15) is 14.0 Å². The van der Waals surface area contributed by atoms with Gasteiger partial charge in [-0.25, -0.2) is 9.18 Å². The number of benzene rings is 1. The summed E-state index contributed by atoms with van der Waals surface area (Å²) in [5.74, 6) is -2.04. The number of carbonyl (C=O) groups excluding carboxylic acids is 2. The van der Waals surface area contributed by atoms with Crippen molar-refractivity contribution in [2.45, 2.75) is 0 Å². The first-order valence-electron chi connectivity index (χ1n) is 6.52. The molecule has 23 heavy (non-hydrogen) atoms. The van der Waals surface area contributed by atoms with Crippen LogP contribution in [0.3, 0.4) is 0 Å². The van der Waals surface area contributed by atoms with E-state index >= 15 is 0 Å². The molecular formula is C14H13Cl2FN2O4. The number of aliphatic hydroxyl groups excluding tert-OH is 1. The Kier molecular flexibility index (Phi) is 5.46. The zero-order valence-corrected chi connectivity index (χ0v) is 13.5. The predicted octanol–water partition coefficient (Wildman–Crippen LogP) is 1.81. The van der Waals surface area contributed by atoms with Crippen LogP contribution in [0.1, 0.15) is 0 Å². The Morgan fingerprint density at radius 2 is 2.17 bits per heavy atom. The largest absolute Gasteiger partial charge is 0.466 e. The standard InChI is InChI=1S/C14H13Cl2FN2O4/c1-23-14(22)7-6-19(4-5-20)13(21)11(7)18-12-9(17)3-2-8(15)10(12)16/h2-3,18,20H,4-6H2,1H3. The van der Waals surface area contributed by atoms with Crippen LogP contribution in [0.5, 0.6) is 0 Å². The molecule has 1 aromatic carbocycles. The summed E-state index contributed by atoms with van der Waals surface area (Å²) in [6, 6.07) is 2.36. The van der Waals surface area contributed by atoms with Gasteiger partial charge in [0.2, 0.25) is 0 Å². The van der Waals surface area contributed by atoms with Gasteiger partial charge in [0.1, 0.15) is 11.5 Å². The summed E-state index contributed by atoms with van der Waals surface area (Å²) < 4.78 is 18.6. The molecule has 0 unspecified atom stereocenters. The number of hydrogen-bond acceptors (Lipinski definition) is 5. The lowest BCUT2D eigenvalue weighted by atomic mass is 10.2. The van der Waals surface area contributed by atoms with Crippen molar-refractivity contribution in [3.63, 3.8) is 0 Å². The summed E-state index contributed by atoms with van der Waals surface area (Å²) in [5.41, 5.74) is -0.357. The van der Waals surface area contributed by atoms with Gasteiger partial charge in [0.05, 0.1) is 41.6 Å². The van der Waals surface area contributed by atoms with Crippen LogP contribution in [-0.4, -0.2) is 48.7 Å². The fourth-order valence-corrected chi connectivity index (χ4v) is 2.47. The summed E-state index contributed by atoms with van der Waals surface area (Å²) in [4.78, 5) is 25.4. The third kappa shape index (κ3) is 3.41. The Labute approximate surface area is 141 Å². The highest BCUT2D eigenvalue weighted by molar-refractivity contribution is 6.43. The topological polar surface area (TPSA) is 78.9 Å². The van der Waals surface area contributed by atoms with Gasteiger partial charge in [-0.15, -0.1) is 0 Å². The van der Waals surface area contributed by atoms with E-state index in [1.165, 1.54) is 18.1 Å².